The van der Waals surface area contributed by atoms with E-state index in [1.165, 1.54) is 51.6 Å². The zero-order valence-electron chi connectivity index (χ0n) is 49.3. The van der Waals surface area contributed by atoms with Crippen molar-refractivity contribution in [3.63, 3.8) is 0 Å². The molecule has 0 bridgehead atoms. The number of ether oxygens (including phenoxy) is 1. The lowest BCUT2D eigenvalue weighted by Gasteiger charge is -2.41. The second kappa shape index (κ2) is 23.8. The first-order chi connectivity index (χ1) is 40.2. The minimum Gasteiger partial charge on any atom is -0.507 e. The molecule has 6 heterocycles. The number of aryl methyl sites for hydroxylation is 2. The number of phenolic OH excluding ortho intramolecular Hbond substituents is 2. The lowest BCUT2D eigenvalue weighted by Crippen LogP contribution is -2.55. The van der Waals surface area contributed by atoms with Crippen molar-refractivity contribution in [2.45, 2.75) is 106 Å². The average molecular weight is 1170 g/mol. The van der Waals surface area contributed by atoms with Crippen molar-refractivity contribution < 1.29 is 42.1 Å². The summed E-state index contributed by atoms with van der Waals surface area (Å²) in [4.78, 5) is 77.9. The Hall–Kier alpha value is -9.14. The Morgan fingerprint density at radius 2 is 1.01 bits per heavy atom. The molecule has 2 amide bonds. The van der Waals surface area contributed by atoms with Crippen LogP contribution < -0.4 is 21.2 Å². The standard InChI is InChI=1S/C33H37F2N5O4.C31H31F2N5O3/c1-18(2)21-11-8-10-19(3)28(21)40-30-22(16-24(35)27(36-30)26-23(34)12-9-13-25(26)41)29(37-31(40)42)38-14-15-39(20(4)17-38)32(43)44-33(5,6)7;1-6-25(40)37-14-13-36(16-19(37)5)29-21-15-23(33)27(26-22(32)11-8-12-24(26)39)34-30(21)38(31(41)35-29)28-18(4)9-7-10-20(28)17(2)3/h8-13,16,18,20,41H,14-15,17H2,1-7H3;6-12,15,17,19,39H,1,13-14,16H2,2-5H3/t20-;19-/m00/s1. The molecule has 4 aromatic carbocycles. The summed E-state index contributed by atoms with van der Waals surface area (Å²) in [5.41, 5.74) is 0.928. The summed E-state index contributed by atoms with van der Waals surface area (Å²) >= 11 is 0. The SMILES string of the molecule is C=CC(=O)N1CCN(c2nc(=O)n(-c3c(C)cccc3C(C)C)c3nc(-c4c(O)cccc4F)c(F)cc23)C[C@@H]1C.Cc1cccc(C(C)C)c1-n1c(=O)nc(N2CCN(C(=O)OC(C)(C)C)[C@@H](C)C2)c2cc(F)c(-c3c(O)cccc3F)nc21. The molecule has 21 heteroatoms. The van der Waals surface area contributed by atoms with Gasteiger partial charge in [-0.2, -0.15) is 9.97 Å². The van der Waals surface area contributed by atoms with Crippen LogP contribution >= 0.6 is 0 Å². The summed E-state index contributed by atoms with van der Waals surface area (Å²) < 4.78 is 69.8. The van der Waals surface area contributed by atoms with Crippen molar-refractivity contribution in [2.24, 2.45) is 0 Å². The van der Waals surface area contributed by atoms with E-state index in [1.807, 2.05) is 102 Å². The molecule has 17 nitrogen and oxygen atoms in total. The van der Waals surface area contributed by atoms with E-state index >= 15 is 8.78 Å². The van der Waals surface area contributed by atoms with E-state index in [1.54, 1.807) is 30.6 Å². The molecule has 0 radical (unpaired) electrons. The number of nitrogens with zero attached hydrogens (tertiary/aromatic N) is 10. The number of aromatic nitrogens is 6. The highest BCUT2D eigenvalue weighted by atomic mass is 19.1. The highest BCUT2D eigenvalue weighted by Crippen LogP contribution is 2.39. The average Bonchev–Trinajstić information content (AvgIpc) is 1.05. The summed E-state index contributed by atoms with van der Waals surface area (Å²) in [7, 11) is 0. The van der Waals surface area contributed by atoms with E-state index in [4.69, 9.17) is 4.74 Å². The molecule has 444 valence electrons. The minimum absolute atomic E-state index is 0.0174. The molecule has 2 saturated heterocycles. The number of amides is 2. The van der Waals surface area contributed by atoms with Crippen molar-refractivity contribution >= 4 is 45.7 Å². The summed E-state index contributed by atoms with van der Waals surface area (Å²) in [6.45, 7) is 26.3. The van der Waals surface area contributed by atoms with E-state index in [2.05, 4.69) is 26.5 Å². The summed E-state index contributed by atoms with van der Waals surface area (Å²) in [6.07, 6.45) is 0.815. The van der Waals surface area contributed by atoms with Crippen LogP contribution in [-0.2, 0) is 9.53 Å². The Labute approximate surface area is 489 Å². The van der Waals surface area contributed by atoms with E-state index in [9.17, 15) is 38.2 Å². The number of phenols is 2. The number of pyridine rings is 2. The first-order valence-corrected chi connectivity index (χ1v) is 28.1. The number of para-hydroxylation sites is 2. The number of benzene rings is 4. The van der Waals surface area contributed by atoms with Gasteiger partial charge in [0, 0.05) is 51.4 Å². The molecule has 10 rings (SSSR count). The number of piperazine rings is 2. The number of rotatable bonds is 9. The van der Waals surface area contributed by atoms with Gasteiger partial charge in [-0.1, -0.05) is 82.8 Å². The fraction of sp³-hybridized carbons (Fsp3) is 0.344. The van der Waals surface area contributed by atoms with Gasteiger partial charge in [-0.05, 0) is 125 Å². The van der Waals surface area contributed by atoms with E-state index < -0.39 is 80.4 Å². The van der Waals surface area contributed by atoms with Crippen LogP contribution in [0.3, 0.4) is 0 Å². The zero-order valence-corrected chi connectivity index (χ0v) is 49.3. The van der Waals surface area contributed by atoms with Crippen LogP contribution in [0, 0.1) is 37.1 Å². The molecule has 8 aromatic rings. The highest BCUT2D eigenvalue weighted by Gasteiger charge is 2.35. The van der Waals surface area contributed by atoms with Crippen molar-refractivity contribution in [3.05, 3.63) is 164 Å². The molecule has 0 saturated carbocycles. The number of anilines is 2. The van der Waals surface area contributed by atoms with Crippen molar-refractivity contribution in [1.82, 2.24) is 38.9 Å². The third-order valence-corrected chi connectivity index (χ3v) is 15.2. The molecule has 2 atom stereocenters. The predicted octanol–water partition coefficient (Wildman–Crippen LogP) is 11.4. The van der Waals surface area contributed by atoms with Gasteiger partial charge < -0.3 is 34.5 Å². The maximum atomic E-state index is 15.9. The fourth-order valence-electron chi connectivity index (χ4n) is 11.2. The number of halogens is 4. The molecule has 2 N–H and O–H groups in total. The first-order valence-electron chi connectivity index (χ1n) is 28.1. The second-order valence-electron chi connectivity index (χ2n) is 23.1. The Bertz CT molecular complexity index is 4050. The smallest absolute Gasteiger partial charge is 0.410 e. The van der Waals surface area contributed by atoms with Gasteiger partial charge in [0.25, 0.3) is 0 Å². The molecule has 2 aliphatic rings. The molecular formula is C64H68F4N10O7. The summed E-state index contributed by atoms with van der Waals surface area (Å²) in [5.74, 6) is -4.18. The normalized spacial score (nSPS) is 15.6. The number of carbonyl (C=O) groups excluding carboxylic acids is 2. The highest BCUT2D eigenvalue weighted by molar-refractivity contribution is 5.93. The van der Waals surface area contributed by atoms with E-state index in [-0.39, 0.29) is 70.1 Å². The summed E-state index contributed by atoms with van der Waals surface area (Å²) in [5, 5.41) is 21.4. The lowest BCUT2D eigenvalue weighted by molar-refractivity contribution is -0.128. The van der Waals surface area contributed by atoms with Crippen LogP contribution in [0.15, 0.2) is 107 Å². The van der Waals surface area contributed by atoms with Crippen LogP contribution in [0.4, 0.5) is 34.0 Å². The van der Waals surface area contributed by atoms with Crippen molar-refractivity contribution in [2.75, 3.05) is 49.1 Å². The maximum absolute atomic E-state index is 15.9. The zero-order chi connectivity index (χ0) is 61.7. The quantitative estimate of drug-likeness (QED) is 0.103. The molecule has 0 unspecified atom stereocenters. The Balaban J connectivity index is 0.000000204. The molecular weight excluding hydrogens is 1100 g/mol. The molecule has 0 spiro atoms. The molecule has 85 heavy (non-hydrogen) atoms. The topological polar surface area (TPSA) is 192 Å². The van der Waals surface area contributed by atoms with Crippen molar-refractivity contribution in [3.8, 4) is 45.4 Å². The first kappa shape index (κ1) is 60.5. The van der Waals surface area contributed by atoms with Crippen LogP contribution in [0.2, 0.25) is 0 Å². The van der Waals surface area contributed by atoms with Crippen LogP contribution in [0.25, 0.3) is 56.0 Å². The number of fused-ring (bicyclic) bond motifs is 2. The predicted molar refractivity (Wildman–Crippen MR) is 320 cm³/mol. The van der Waals surface area contributed by atoms with Gasteiger partial charge in [0.1, 0.15) is 51.8 Å². The Morgan fingerprint density at radius 3 is 1.38 bits per heavy atom. The van der Waals surface area contributed by atoms with E-state index in [0.717, 1.165) is 34.4 Å². The number of carbonyl (C=O) groups is 2. The van der Waals surface area contributed by atoms with Crippen LogP contribution in [-0.4, -0.2) is 118 Å². The largest absolute Gasteiger partial charge is 0.507 e. The van der Waals surface area contributed by atoms with Gasteiger partial charge in [-0.15, -0.1) is 0 Å². The van der Waals surface area contributed by atoms with Gasteiger partial charge in [-0.3, -0.25) is 4.79 Å². The lowest BCUT2D eigenvalue weighted by atomic mass is 9.98. The van der Waals surface area contributed by atoms with Gasteiger partial charge in [-0.25, -0.2) is 51.0 Å². The van der Waals surface area contributed by atoms with Gasteiger partial charge in [0.2, 0.25) is 5.91 Å². The number of hydrogen-bond acceptors (Lipinski definition) is 13. The number of aromatic hydroxyl groups is 2. The molecule has 2 fully saturated rings. The molecule has 0 aliphatic carbocycles. The van der Waals surface area contributed by atoms with Crippen LogP contribution in [0.5, 0.6) is 11.5 Å². The van der Waals surface area contributed by atoms with Crippen molar-refractivity contribution in [1.29, 1.82) is 0 Å². The second-order valence-corrected chi connectivity index (χ2v) is 23.1. The minimum atomic E-state index is -0.888. The molecule has 2 aliphatic heterocycles. The van der Waals surface area contributed by atoms with Crippen LogP contribution in [0.1, 0.15) is 96.4 Å². The van der Waals surface area contributed by atoms with Gasteiger partial charge in [0.15, 0.2) is 22.9 Å². The third-order valence-electron chi connectivity index (χ3n) is 15.2. The third kappa shape index (κ3) is 11.8. The van der Waals surface area contributed by atoms with E-state index in [0.29, 0.717) is 44.1 Å². The van der Waals surface area contributed by atoms with Gasteiger partial charge in [0.05, 0.1) is 33.3 Å². The monoisotopic (exact) mass is 1160 g/mol. The maximum Gasteiger partial charge on any atom is 0.410 e. The fourth-order valence-corrected chi connectivity index (χ4v) is 11.2. The Morgan fingerprint density at radius 1 is 0.612 bits per heavy atom. The Kier molecular flexibility index (Phi) is 17.0. The molecule has 4 aromatic heterocycles. The number of hydrogen-bond donors (Lipinski definition) is 2. The van der Waals surface area contributed by atoms with Gasteiger partial charge >= 0.3 is 17.5 Å². The summed E-state index contributed by atoms with van der Waals surface area (Å²) in [6, 6.07) is 20.5.